The van der Waals surface area contributed by atoms with Gasteiger partial charge in [0.2, 0.25) is 23.6 Å². The summed E-state index contributed by atoms with van der Waals surface area (Å²) < 4.78 is 23.5. The van der Waals surface area contributed by atoms with Gasteiger partial charge in [-0.1, -0.05) is 96.1 Å². The Kier molecular flexibility index (Phi) is 9.44. The molecule has 308 valence electrons. The molecule has 6 aliphatic heterocycles. The standard InChI is InChI=1S/2C24H23NO5/c2*1-3-29-22(28)24-14-13-23(30-24,16-11-9-15(2)10-12-16)18-19(24)21(27)25(20(18)26)17-7-5-4-6-8-17/h2*4-12,18-19H,3,13-14H2,1-2H3/t2*18-,19+,23+,24+/m00/s1. The lowest BCUT2D eigenvalue weighted by Gasteiger charge is -2.31. The van der Waals surface area contributed by atoms with E-state index in [1.807, 2.05) is 74.5 Å². The van der Waals surface area contributed by atoms with Gasteiger partial charge in [-0.15, -0.1) is 0 Å². The number of carbonyl (C=O) groups excluding carboxylic acids is 6. The number of fused-ring (bicyclic) bond motifs is 10. The van der Waals surface area contributed by atoms with E-state index in [9.17, 15) is 28.8 Å². The molecule has 4 amide bonds. The van der Waals surface area contributed by atoms with Gasteiger partial charge >= 0.3 is 11.9 Å². The molecular formula is C48H46N2O10. The first-order chi connectivity index (χ1) is 28.9. The van der Waals surface area contributed by atoms with Crippen molar-refractivity contribution in [2.75, 3.05) is 23.0 Å². The van der Waals surface area contributed by atoms with Crippen molar-refractivity contribution in [1.29, 1.82) is 0 Å². The maximum absolute atomic E-state index is 13.6. The molecule has 0 radical (unpaired) electrons. The SMILES string of the molecule is CCOC(=O)[C@]12CC[C@](c3ccc(C)cc3)(O1)[C@@H]1C(=O)N(c3ccccc3)C(=O)[C@@H]12.CCOC(=O)[C@]12CC[C@](c3ccc(C)cc3)(O1)[C@@H]1C(=O)N(c3ccccc3)C(=O)[C@@H]12. The van der Waals surface area contributed by atoms with Crippen LogP contribution in [0.25, 0.3) is 0 Å². The quantitative estimate of drug-likeness (QED) is 0.148. The predicted octanol–water partition coefficient (Wildman–Crippen LogP) is 6.24. The van der Waals surface area contributed by atoms with E-state index in [1.54, 1.807) is 62.4 Å². The lowest BCUT2D eigenvalue weighted by Crippen LogP contribution is -2.49. The van der Waals surface area contributed by atoms with Crippen LogP contribution < -0.4 is 9.80 Å². The van der Waals surface area contributed by atoms with Gasteiger partial charge in [-0.05, 0) is 88.8 Å². The molecule has 60 heavy (non-hydrogen) atoms. The highest BCUT2D eigenvalue weighted by molar-refractivity contribution is 6.25. The molecule has 4 aromatic rings. The fraction of sp³-hybridized carbons (Fsp3) is 0.375. The van der Waals surface area contributed by atoms with Crippen molar-refractivity contribution < 1.29 is 47.7 Å². The van der Waals surface area contributed by atoms with Gasteiger partial charge in [-0.3, -0.25) is 19.2 Å². The van der Waals surface area contributed by atoms with Gasteiger partial charge in [0, 0.05) is 0 Å². The average Bonchev–Trinajstić information content (AvgIpc) is 4.09. The highest BCUT2D eigenvalue weighted by Gasteiger charge is 2.80. The van der Waals surface area contributed by atoms with Crippen LogP contribution in [0.2, 0.25) is 0 Å². The molecule has 4 aromatic carbocycles. The summed E-state index contributed by atoms with van der Waals surface area (Å²) in [7, 11) is 0. The number of aryl methyl sites for hydroxylation is 2. The summed E-state index contributed by atoms with van der Waals surface area (Å²) in [4.78, 5) is 82.9. The largest absolute Gasteiger partial charge is 0.464 e. The van der Waals surface area contributed by atoms with Crippen molar-refractivity contribution in [3.05, 3.63) is 131 Å². The number of rotatable bonds is 8. The third-order valence-electron chi connectivity index (χ3n) is 13.4. The summed E-state index contributed by atoms with van der Waals surface area (Å²) in [5.74, 6) is -5.82. The molecule has 8 atom stereocenters. The number of ether oxygens (including phenoxy) is 4. The summed E-state index contributed by atoms with van der Waals surface area (Å²) >= 11 is 0. The third kappa shape index (κ3) is 5.42. The molecule has 10 rings (SSSR count). The van der Waals surface area contributed by atoms with Crippen LogP contribution in [0.5, 0.6) is 0 Å². The molecule has 0 N–H and O–H groups in total. The van der Waals surface area contributed by atoms with Crippen LogP contribution in [0.3, 0.4) is 0 Å². The van der Waals surface area contributed by atoms with Crippen LogP contribution in [0.15, 0.2) is 109 Å². The Morgan fingerprint density at radius 1 is 0.517 bits per heavy atom. The van der Waals surface area contributed by atoms with E-state index in [4.69, 9.17) is 18.9 Å². The minimum Gasteiger partial charge on any atom is -0.464 e. The van der Waals surface area contributed by atoms with Gasteiger partial charge in [-0.2, -0.15) is 0 Å². The number of imide groups is 2. The summed E-state index contributed by atoms with van der Waals surface area (Å²) in [6, 6.07) is 33.3. The Hall–Kier alpha value is -5.98. The molecule has 6 saturated heterocycles. The number of para-hydroxylation sites is 2. The molecule has 6 heterocycles. The maximum Gasteiger partial charge on any atom is 0.339 e. The second kappa shape index (κ2) is 14.3. The molecular weight excluding hydrogens is 765 g/mol. The van der Waals surface area contributed by atoms with Crippen molar-refractivity contribution in [3.8, 4) is 0 Å². The van der Waals surface area contributed by atoms with Gasteiger partial charge < -0.3 is 18.9 Å². The van der Waals surface area contributed by atoms with E-state index in [0.29, 0.717) is 37.1 Å². The summed E-state index contributed by atoms with van der Waals surface area (Å²) in [5, 5.41) is 0. The molecule has 0 aliphatic carbocycles. The number of benzene rings is 4. The van der Waals surface area contributed by atoms with Crippen LogP contribution >= 0.6 is 0 Å². The number of anilines is 2. The molecule has 6 aliphatic rings. The molecule has 12 nitrogen and oxygen atoms in total. The Morgan fingerprint density at radius 2 is 0.850 bits per heavy atom. The van der Waals surface area contributed by atoms with Gasteiger partial charge in [0.15, 0.2) is 11.2 Å². The Morgan fingerprint density at radius 3 is 1.18 bits per heavy atom. The summed E-state index contributed by atoms with van der Waals surface area (Å²) in [6.45, 7) is 7.78. The molecule has 4 bridgehead atoms. The van der Waals surface area contributed by atoms with Gasteiger partial charge in [0.1, 0.15) is 11.2 Å². The Bertz CT molecular complexity index is 2240. The highest BCUT2D eigenvalue weighted by atomic mass is 16.6. The third-order valence-corrected chi connectivity index (χ3v) is 13.4. The zero-order chi connectivity index (χ0) is 42.2. The predicted molar refractivity (Wildman–Crippen MR) is 217 cm³/mol. The first-order valence-corrected chi connectivity index (χ1v) is 20.6. The van der Waals surface area contributed by atoms with Crippen molar-refractivity contribution in [3.63, 3.8) is 0 Å². The monoisotopic (exact) mass is 810 g/mol. The topological polar surface area (TPSA) is 146 Å². The van der Waals surface area contributed by atoms with Crippen LogP contribution in [0, 0.1) is 37.5 Å². The van der Waals surface area contributed by atoms with E-state index < -0.39 is 69.8 Å². The lowest BCUT2D eigenvalue weighted by atomic mass is 9.65. The second-order valence-corrected chi connectivity index (χ2v) is 16.5. The van der Waals surface area contributed by atoms with Crippen LogP contribution in [-0.2, 0) is 58.9 Å². The van der Waals surface area contributed by atoms with Gasteiger partial charge in [0.25, 0.3) is 0 Å². The number of esters is 2. The number of hydrogen-bond acceptors (Lipinski definition) is 10. The van der Waals surface area contributed by atoms with E-state index in [1.165, 1.54) is 9.80 Å². The van der Waals surface area contributed by atoms with Crippen molar-refractivity contribution in [2.24, 2.45) is 23.7 Å². The maximum atomic E-state index is 13.6. The molecule has 0 saturated carbocycles. The van der Waals surface area contributed by atoms with Crippen LogP contribution in [-0.4, -0.2) is 60.0 Å². The minimum atomic E-state index is -1.43. The summed E-state index contributed by atoms with van der Waals surface area (Å²) in [6.07, 6.45) is 1.67. The van der Waals surface area contributed by atoms with Crippen LogP contribution in [0.1, 0.15) is 61.8 Å². The number of carbonyl (C=O) groups is 6. The Labute approximate surface area is 347 Å². The number of hydrogen-bond donors (Lipinski definition) is 0. The fourth-order valence-corrected chi connectivity index (χ4v) is 10.8. The lowest BCUT2D eigenvalue weighted by molar-refractivity contribution is -0.175. The van der Waals surface area contributed by atoms with Gasteiger partial charge in [-0.25, -0.2) is 19.4 Å². The molecule has 0 spiro atoms. The number of nitrogens with zero attached hydrogens (tertiary/aromatic N) is 2. The fourth-order valence-electron chi connectivity index (χ4n) is 10.8. The first kappa shape index (κ1) is 39.5. The first-order valence-electron chi connectivity index (χ1n) is 20.6. The smallest absolute Gasteiger partial charge is 0.339 e. The van der Waals surface area contributed by atoms with E-state index in [0.717, 1.165) is 22.3 Å². The molecule has 6 fully saturated rings. The second-order valence-electron chi connectivity index (χ2n) is 16.5. The van der Waals surface area contributed by atoms with Crippen molar-refractivity contribution in [2.45, 2.75) is 75.8 Å². The zero-order valence-electron chi connectivity index (χ0n) is 33.9. The molecule has 0 aromatic heterocycles. The molecule has 0 unspecified atom stereocenters. The van der Waals surface area contributed by atoms with Crippen molar-refractivity contribution in [1.82, 2.24) is 0 Å². The van der Waals surface area contributed by atoms with Crippen LogP contribution in [0.4, 0.5) is 11.4 Å². The highest BCUT2D eigenvalue weighted by Crippen LogP contribution is 2.67. The minimum absolute atomic E-state index is 0.184. The molecule has 12 heteroatoms. The van der Waals surface area contributed by atoms with Gasteiger partial charge in [0.05, 0.1) is 48.3 Å². The summed E-state index contributed by atoms with van der Waals surface area (Å²) in [5.41, 5.74) is -0.0467. The van der Waals surface area contributed by atoms with Crippen molar-refractivity contribution >= 4 is 46.9 Å². The number of amides is 4. The van der Waals surface area contributed by atoms with E-state index >= 15 is 0 Å². The average molecular weight is 811 g/mol. The van der Waals surface area contributed by atoms with E-state index in [-0.39, 0.29) is 25.0 Å². The Balaban J connectivity index is 0.000000154. The normalized spacial score (nSPS) is 31.9. The van der Waals surface area contributed by atoms with E-state index in [2.05, 4.69) is 0 Å². The zero-order valence-corrected chi connectivity index (χ0v) is 33.9.